The Bertz CT molecular complexity index is 1090. The Hall–Kier alpha value is -2.80. The number of piperazine rings is 1. The van der Waals surface area contributed by atoms with Crippen molar-refractivity contribution in [2.24, 2.45) is 0 Å². The van der Waals surface area contributed by atoms with Crippen LogP contribution in [0.4, 0.5) is 0 Å². The number of ether oxygens (including phenoxy) is 1. The highest BCUT2D eigenvalue weighted by atomic mass is 32.1. The average Bonchev–Trinajstić information content (AvgIpc) is 3.33. The number of H-pyrrole nitrogens is 1. The average molecular weight is 395 g/mol. The van der Waals surface area contributed by atoms with Crippen LogP contribution in [0, 0.1) is 0 Å². The number of thiophene rings is 1. The van der Waals surface area contributed by atoms with Crippen molar-refractivity contribution in [1.29, 1.82) is 0 Å². The summed E-state index contributed by atoms with van der Waals surface area (Å²) in [7, 11) is 1.65. The van der Waals surface area contributed by atoms with Gasteiger partial charge in [-0.1, -0.05) is 6.07 Å². The van der Waals surface area contributed by atoms with Crippen LogP contribution in [0.15, 0.2) is 35.7 Å². The number of amides is 2. The first-order chi connectivity index (χ1) is 13.5. The Morgan fingerprint density at radius 1 is 1.29 bits per heavy atom. The van der Waals surface area contributed by atoms with Crippen molar-refractivity contribution < 1.29 is 14.3 Å². The molecule has 3 aromatic rings. The molecule has 0 bridgehead atoms. The van der Waals surface area contributed by atoms with Gasteiger partial charge in [0.15, 0.2) is 5.54 Å². The molecule has 2 amide bonds. The van der Waals surface area contributed by atoms with Gasteiger partial charge >= 0.3 is 0 Å². The van der Waals surface area contributed by atoms with E-state index in [-0.39, 0.29) is 18.4 Å². The number of carbonyl (C=O) groups is 2. The molecule has 1 atom stereocenters. The topological polar surface area (TPSA) is 65.6 Å². The highest BCUT2D eigenvalue weighted by Crippen LogP contribution is 2.42. The van der Waals surface area contributed by atoms with E-state index in [9.17, 15) is 9.59 Å². The number of fused-ring (bicyclic) bond motifs is 5. The lowest BCUT2D eigenvalue weighted by atomic mass is 9.83. The molecule has 0 radical (unpaired) electrons. The molecule has 1 saturated heterocycles. The van der Waals surface area contributed by atoms with E-state index in [1.54, 1.807) is 28.2 Å². The zero-order valence-electron chi connectivity index (χ0n) is 15.8. The van der Waals surface area contributed by atoms with Crippen LogP contribution in [0.3, 0.4) is 0 Å². The summed E-state index contributed by atoms with van der Waals surface area (Å²) in [6.07, 6.45) is 0.724. The van der Waals surface area contributed by atoms with Gasteiger partial charge in [0.05, 0.1) is 19.3 Å². The summed E-state index contributed by atoms with van der Waals surface area (Å²) in [6, 6.07) is 9.84. The van der Waals surface area contributed by atoms with Crippen molar-refractivity contribution in [2.45, 2.75) is 25.4 Å². The van der Waals surface area contributed by atoms with Crippen LogP contribution in [-0.4, -0.2) is 46.8 Å². The van der Waals surface area contributed by atoms with Crippen LogP contribution < -0.4 is 4.74 Å². The van der Waals surface area contributed by atoms with Gasteiger partial charge in [0, 0.05) is 22.3 Å². The zero-order valence-corrected chi connectivity index (χ0v) is 16.6. The van der Waals surface area contributed by atoms with Gasteiger partial charge in [0.25, 0.3) is 5.91 Å². The van der Waals surface area contributed by atoms with Crippen molar-refractivity contribution >= 4 is 34.1 Å². The largest absolute Gasteiger partial charge is 0.497 e. The molecule has 0 unspecified atom stereocenters. The van der Waals surface area contributed by atoms with Crippen LogP contribution in [0.1, 0.15) is 23.1 Å². The van der Waals surface area contributed by atoms with E-state index in [4.69, 9.17) is 4.74 Å². The maximum Gasteiger partial charge on any atom is 0.255 e. The Balaban J connectivity index is 1.62. The third-order valence-corrected chi connectivity index (χ3v) is 6.84. The Kier molecular flexibility index (Phi) is 3.77. The molecule has 2 aliphatic heterocycles. The van der Waals surface area contributed by atoms with Gasteiger partial charge in [0.2, 0.25) is 5.91 Å². The lowest BCUT2D eigenvalue weighted by Gasteiger charge is -2.49. The second kappa shape index (κ2) is 6.10. The van der Waals surface area contributed by atoms with E-state index < -0.39 is 5.54 Å². The number of carbonyl (C=O) groups excluding carboxylic acids is 2. The van der Waals surface area contributed by atoms with E-state index in [0.29, 0.717) is 13.1 Å². The van der Waals surface area contributed by atoms with Crippen molar-refractivity contribution in [2.75, 3.05) is 20.2 Å². The van der Waals surface area contributed by atoms with Crippen LogP contribution >= 0.6 is 11.3 Å². The molecule has 5 rings (SSSR count). The maximum absolute atomic E-state index is 13.6. The minimum Gasteiger partial charge on any atom is -0.497 e. The van der Waals surface area contributed by atoms with Gasteiger partial charge in [-0.2, -0.15) is 0 Å². The predicted molar refractivity (Wildman–Crippen MR) is 107 cm³/mol. The summed E-state index contributed by atoms with van der Waals surface area (Å²) < 4.78 is 5.38. The third-order valence-electron chi connectivity index (χ3n) is 5.98. The lowest BCUT2D eigenvalue weighted by molar-refractivity contribution is -0.166. The van der Waals surface area contributed by atoms with Crippen LogP contribution in [0.25, 0.3) is 10.9 Å². The number of hydrogen-bond acceptors (Lipinski definition) is 4. The Morgan fingerprint density at radius 3 is 2.89 bits per heavy atom. The van der Waals surface area contributed by atoms with Gasteiger partial charge in [0.1, 0.15) is 12.3 Å². The molecule has 6 nitrogen and oxygen atoms in total. The number of benzene rings is 1. The molecule has 28 heavy (non-hydrogen) atoms. The molecule has 0 aliphatic carbocycles. The van der Waals surface area contributed by atoms with E-state index in [0.717, 1.165) is 39.2 Å². The Labute approximate surface area is 166 Å². The number of aromatic nitrogens is 1. The number of rotatable bonds is 3. The summed E-state index contributed by atoms with van der Waals surface area (Å²) in [6.45, 7) is 3.02. The van der Waals surface area contributed by atoms with Gasteiger partial charge in [-0.15, -0.1) is 11.3 Å². The number of methoxy groups -OCH3 is 1. The Morgan fingerprint density at radius 2 is 2.14 bits per heavy atom. The summed E-state index contributed by atoms with van der Waals surface area (Å²) in [4.78, 5) is 34.5. The van der Waals surface area contributed by atoms with Crippen molar-refractivity contribution in [1.82, 2.24) is 14.8 Å². The summed E-state index contributed by atoms with van der Waals surface area (Å²) in [5.41, 5.74) is 1.89. The first-order valence-electron chi connectivity index (χ1n) is 9.33. The molecule has 1 N–H and O–H groups in total. The maximum atomic E-state index is 13.6. The number of aromatic amines is 1. The molecule has 144 valence electrons. The smallest absolute Gasteiger partial charge is 0.255 e. The van der Waals surface area contributed by atoms with Gasteiger partial charge in [-0.25, -0.2) is 0 Å². The number of nitrogens with zero attached hydrogens (tertiary/aromatic N) is 2. The molecule has 2 aliphatic rings. The molecule has 4 heterocycles. The first-order valence-corrected chi connectivity index (χ1v) is 10.2. The normalized spacial score (nSPS) is 21.8. The zero-order chi connectivity index (χ0) is 19.5. The third kappa shape index (κ3) is 2.32. The molecular weight excluding hydrogens is 374 g/mol. The first kappa shape index (κ1) is 17.3. The van der Waals surface area contributed by atoms with E-state index in [1.165, 1.54) is 0 Å². The number of nitrogens with one attached hydrogen (secondary N) is 1. The fourth-order valence-electron chi connectivity index (χ4n) is 4.55. The van der Waals surface area contributed by atoms with Gasteiger partial charge < -0.3 is 19.5 Å². The number of hydrogen-bond donors (Lipinski definition) is 1. The van der Waals surface area contributed by atoms with Crippen LogP contribution in [-0.2, 0) is 28.1 Å². The molecule has 2 aromatic heterocycles. The van der Waals surface area contributed by atoms with Crippen molar-refractivity contribution in [3.05, 3.63) is 51.8 Å². The van der Waals surface area contributed by atoms with Crippen molar-refractivity contribution in [3.63, 3.8) is 0 Å². The molecule has 0 saturated carbocycles. The molecule has 1 aromatic carbocycles. The highest BCUT2D eigenvalue weighted by Gasteiger charge is 2.54. The molecule has 7 heteroatoms. The predicted octanol–water partition coefficient (Wildman–Crippen LogP) is 2.88. The van der Waals surface area contributed by atoms with Gasteiger partial charge in [-0.3, -0.25) is 9.59 Å². The van der Waals surface area contributed by atoms with E-state index >= 15 is 0 Å². The van der Waals surface area contributed by atoms with Crippen LogP contribution in [0.5, 0.6) is 5.75 Å². The minimum absolute atomic E-state index is 0.000503. The molecular formula is C21H21N3O3S. The fraction of sp³-hybridized carbons (Fsp3) is 0.333. The molecule has 0 spiro atoms. The molecule has 1 fully saturated rings. The van der Waals surface area contributed by atoms with E-state index in [2.05, 4.69) is 4.98 Å². The monoisotopic (exact) mass is 395 g/mol. The lowest BCUT2D eigenvalue weighted by Crippen LogP contribution is -2.66. The van der Waals surface area contributed by atoms with E-state index in [1.807, 2.05) is 42.6 Å². The summed E-state index contributed by atoms with van der Waals surface area (Å²) in [5, 5.41) is 3.05. The SMILES string of the molecule is COc1ccc2[nH]c3c(c2c1)CCN1C(=O)CN(Cc2cccs2)C(=O)[C@]31C. The highest BCUT2D eigenvalue weighted by molar-refractivity contribution is 7.09. The minimum atomic E-state index is -1.01. The summed E-state index contributed by atoms with van der Waals surface area (Å²) >= 11 is 1.60. The standard InChI is InChI=1S/C21H21N3O3S/c1-21-19-15(16-10-13(27-2)5-6-17(16)22-19)7-8-24(21)18(25)12-23(20(21)26)11-14-4-3-9-28-14/h3-6,9-10,22H,7-8,11-12H2,1-2H3/t21-/m0/s1. The quantitative estimate of drug-likeness (QED) is 0.742. The second-order valence-corrected chi connectivity index (χ2v) is 8.53. The van der Waals surface area contributed by atoms with Crippen LogP contribution in [0.2, 0.25) is 0 Å². The van der Waals surface area contributed by atoms with Crippen molar-refractivity contribution in [3.8, 4) is 5.75 Å². The van der Waals surface area contributed by atoms with Gasteiger partial charge in [-0.05, 0) is 48.6 Å². The fourth-order valence-corrected chi connectivity index (χ4v) is 5.27. The summed E-state index contributed by atoms with van der Waals surface area (Å²) in [5.74, 6) is 0.757. The second-order valence-electron chi connectivity index (χ2n) is 7.50.